The number of nitrogens with one attached hydrogen (secondary N) is 1. The number of ether oxygens (including phenoxy) is 1. The molecule has 0 aliphatic rings. The predicted octanol–water partition coefficient (Wildman–Crippen LogP) is 0.501. The maximum atomic E-state index is 11.8. The van der Waals surface area contributed by atoms with Crippen molar-refractivity contribution in [1.82, 2.24) is 14.5 Å². The molecule has 1 aromatic heterocycles. The molecule has 0 atom stereocenters. The third kappa shape index (κ3) is 5.09. The minimum absolute atomic E-state index is 0.0566. The Balaban J connectivity index is 1.78. The van der Waals surface area contributed by atoms with E-state index in [0.717, 1.165) is 0 Å². The zero-order valence-electron chi connectivity index (χ0n) is 11.7. The molecule has 1 aromatic carbocycles. The third-order valence-electron chi connectivity index (χ3n) is 2.72. The number of nitrogens with zero attached hydrogens (tertiary/aromatic N) is 2. The van der Waals surface area contributed by atoms with Crippen LogP contribution in [0.3, 0.4) is 0 Å². The molecular formula is C13H18N4O3S. The highest BCUT2D eigenvalue weighted by Crippen LogP contribution is 2.14. The molecule has 0 saturated heterocycles. The maximum absolute atomic E-state index is 11.8. The second kappa shape index (κ2) is 6.59. The zero-order chi connectivity index (χ0) is 15.3. The highest BCUT2D eigenvalue weighted by atomic mass is 32.2. The molecule has 3 N–H and O–H groups in total. The van der Waals surface area contributed by atoms with E-state index in [0.29, 0.717) is 17.1 Å². The van der Waals surface area contributed by atoms with Gasteiger partial charge in [-0.2, -0.15) is 5.10 Å². The number of nitrogens with two attached hydrogens (primary N) is 1. The Bertz CT molecular complexity index is 697. The largest absolute Gasteiger partial charge is 0.492 e. The summed E-state index contributed by atoms with van der Waals surface area (Å²) in [6.45, 7) is 0.225. The fourth-order valence-corrected chi connectivity index (χ4v) is 2.50. The van der Waals surface area contributed by atoms with Crippen LogP contribution in [-0.2, 0) is 23.6 Å². The van der Waals surface area contributed by atoms with Gasteiger partial charge in [0.1, 0.15) is 12.4 Å². The first-order valence-corrected chi connectivity index (χ1v) is 8.04. The summed E-state index contributed by atoms with van der Waals surface area (Å²) >= 11 is 0. The summed E-state index contributed by atoms with van der Waals surface area (Å²) in [4.78, 5) is 0. The molecule has 0 saturated carbocycles. The molecule has 1 heterocycles. The van der Waals surface area contributed by atoms with Gasteiger partial charge in [0.2, 0.25) is 10.0 Å². The van der Waals surface area contributed by atoms with Crippen molar-refractivity contribution in [1.29, 1.82) is 0 Å². The number of aromatic nitrogens is 2. The van der Waals surface area contributed by atoms with Crippen LogP contribution in [0, 0.1) is 0 Å². The van der Waals surface area contributed by atoms with Crippen LogP contribution < -0.4 is 15.2 Å². The van der Waals surface area contributed by atoms with E-state index in [-0.39, 0.29) is 18.9 Å². The lowest BCUT2D eigenvalue weighted by molar-refractivity contribution is 0.340. The summed E-state index contributed by atoms with van der Waals surface area (Å²) in [6.07, 6.45) is 1.76. The van der Waals surface area contributed by atoms with Crippen LogP contribution in [0.4, 0.5) is 5.69 Å². The number of nitrogen functional groups attached to an aromatic ring is 1. The summed E-state index contributed by atoms with van der Waals surface area (Å²) in [6, 6.07) is 8.61. The smallest absolute Gasteiger partial charge is 0.215 e. The molecule has 8 heteroatoms. The van der Waals surface area contributed by atoms with Gasteiger partial charge in [-0.25, -0.2) is 13.1 Å². The van der Waals surface area contributed by atoms with E-state index in [1.807, 2.05) is 0 Å². The third-order valence-corrected chi connectivity index (χ3v) is 4.01. The van der Waals surface area contributed by atoms with Crippen molar-refractivity contribution in [2.45, 2.75) is 6.54 Å². The molecule has 0 aliphatic carbocycles. The Morgan fingerprint density at radius 2 is 2.19 bits per heavy atom. The number of anilines is 1. The number of hydrogen-bond donors (Lipinski definition) is 2. The average molecular weight is 310 g/mol. The first-order chi connectivity index (χ1) is 9.94. The van der Waals surface area contributed by atoms with Crippen LogP contribution in [0.15, 0.2) is 36.5 Å². The van der Waals surface area contributed by atoms with Crippen LogP contribution in [0.25, 0.3) is 0 Å². The van der Waals surface area contributed by atoms with Crippen LogP contribution in [0.5, 0.6) is 5.75 Å². The minimum Gasteiger partial charge on any atom is -0.492 e. The highest BCUT2D eigenvalue weighted by Gasteiger charge is 2.11. The van der Waals surface area contributed by atoms with Gasteiger partial charge in [0.25, 0.3) is 0 Å². The lowest BCUT2D eigenvalue weighted by Gasteiger charge is -2.08. The Hall–Kier alpha value is -2.06. The van der Waals surface area contributed by atoms with E-state index in [2.05, 4.69) is 9.82 Å². The van der Waals surface area contributed by atoms with Gasteiger partial charge in [-0.05, 0) is 18.2 Å². The van der Waals surface area contributed by atoms with Crippen LogP contribution in [-0.4, -0.2) is 30.6 Å². The molecule has 0 aliphatic heterocycles. The number of aryl methyl sites for hydroxylation is 1. The van der Waals surface area contributed by atoms with Crippen LogP contribution >= 0.6 is 0 Å². The maximum Gasteiger partial charge on any atom is 0.215 e. The van der Waals surface area contributed by atoms with Gasteiger partial charge >= 0.3 is 0 Å². The number of sulfonamides is 1. The Kier molecular flexibility index (Phi) is 4.81. The molecule has 0 amide bonds. The van der Waals surface area contributed by atoms with Crippen LogP contribution in [0.1, 0.15) is 5.69 Å². The summed E-state index contributed by atoms with van der Waals surface area (Å²) < 4.78 is 33.1. The van der Waals surface area contributed by atoms with E-state index < -0.39 is 10.0 Å². The first-order valence-electron chi connectivity index (χ1n) is 6.39. The van der Waals surface area contributed by atoms with Gasteiger partial charge in [0.15, 0.2) is 0 Å². The molecule has 0 radical (unpaired) electrons. The van der Waals surface area contributed by atoms with Gasteiger partial charge in [-0.1, -0.05) is 6.07 Å². The van der Waals surface area contributed by atoms with E-state index in [1.165, 1.54) is 0 Å². The molecule has 0 fully saturated rings. The van der Waals surface area contributed by atoms with Crippen molar-refractivity contribution in [2.24, 2.45) is 7.05 Å². The van der Waals surface area contributed by atoms with Crippen molar-refractivity contribution in [3.8, 4) is 5.75 Å². The van der Waals surface area contributed by atoms with Crippen molar-refractivity contribution >= 4 is 15.7 Å². The van der Waals surface area contributed by atoms with E-state index in [1.54, 1.807) is 48.3 Å². The predicted molar refractivity (Wildman–Crippen MR) is 80.2 cm³/mol. The normalized spacial score (nSPS) is 11.5. The Morgan fingerprint density at radius 3 is 2.86 bits per heavy atom. The monoisotopic (exact) mass is 310 g/mol. The van der Waals surface area contributed by atoms with Crippen molar-refractivity contribution in [2.75, 3.05) is 18.1 Å². The standard InChI is InChI=1S/C13H18N4O3S/c1-17-6-5-12(16-17)10-15-21(18,19)8-7-20-13-4-2-3-11(14)9-13/h2-6,9,15H,7-8,10,14H2,1H3. The fourth-order valence-electron chi connectivity index (χ4n) is 1.69. The molecule has 114 valence electrons. The molecule has 2 aromatic rings. The zero-order valence-corrected chi connectivity index (χ0v) is 12.5. The number of rotatable bonds is 7. The summed E-state index contributed by atoms with van der Waals surface area (Å²) in [5, 5.41) is 4.10. The molecule has 7 nitrogen and oxygen atoms in total. The lowest BCUT2D eigenvalue weighted by atomic mass is 10.3. The summed E-state index contributed by atoms with van der Waals surface area (Å²) in [5.74, 6) is 0.421. The molecular weight excluding hydrogens is 292 g/mol. The quantitative estimate of drug-likeness (QED) is 0.726. The molecule has 0 spiro atoms. The summed E-state index contributed by atoms with van der Waals surface area (Å²) in [7, 11) is -1.63. The van der Waals surface area contributed by atoms with Gasteiger partial charge < -0.3 is 10.5 Å². The number of hydrogen-bond acceptors (Lipinski definition) is 5. The second-order valence-corrected chi connectivity index (χ2v) is 6.47. The minimum atomic E-state index is -3.41. The van der Waals surface area contributed by atoms with E-state index >= 15 is 0 Å². The van der Waals surface area contributed by atoms with Gasteiger partial charge in [0.05, 0.1) is 18.0 Å². The lowest BCUT2D eigenvalue weighted by Crippen LogP contribution is -2.28. The average Bonchev–Trinajstić information content (AvgIpc) is 2.82. The molecule has 0 unspecified atom stereocenters. The summed E-state index contributed by atoms with van der Waals surface area (Å²) in [5.41, 5.74) is 6.85. The van der Waals surface area contributed by atoms with Crippen molar-refractivity contribution in [3.05, 3.63) is 42.2 Å². The highest BCUT2D eigenvalue weighted by molar-refractivity contribution is 7.89. The Labute approximate surface area is 123 Å². The molecule has 2 rings (SSSR count). The molecule has 21 heavy (non-hydrogen) atoms. The van der Waals surface area contributed by atoms with Crippen LogP contribution in [0.2, 0.25) is 0 Å². The van der Waals surface area contributed by atoms with Crippen molar-refractivity contribution < 1.29 is 13.2 Å². The van der Waals surface area contributed by atoms with Gasteiger partial charge in [0, 0.05) is 25.0 Å². The SMILES string of the molecule is Cn1ccc(CNS(=O)(=O)CCOc2cccc(N)c2)n1. The van der Waals surface area contributed by atoms with E-state index in [4.69, 9.17) is 10.5 Å². The van der Waals surface area contributed by atoms with Gasteiger partial charge in [-0.3, -0.25) is 4.68 Å². The van der Waals surface area contributed by atoms with Crippen molar-refractivity contribution in [3.63, 3.8) is 0 Å². The Morgan fingerprint density at radius 1 is 1.38 bits per heavy atom. The fraction of sp³-hybridized carbons (Fsp3) is 0.308. The van der Waals surface area contributed by atoms with Gasteiger partial charge in [-0.15, -0.1) is 0 Å². The van der Waals surface area contributed by atoms with E-state index in [9.17, 15) is 8.42 Å². The number of benzene rings is 1. The molecule has 0 bridgehead atoms. The topological polar surface area (TPSA) is 99.2 Å². The first kappa shape index (κ1) is 15.3. The second-order valence-electron chi connectivity index (χ2n) is 4.54.